The third-order valence-corrected chi connectivity index (χ3v) is 4.80. The summed E-state index contributed by atoms with van der Waals surface area (Å²) in [6.07, 6.45) is 4.25. The van der Waals surface area contributed by atoms with E-state index in [1.807, 2.05) is 0 Å². The van der Waals surface area contributed by atoms with E-state index in [4.69, 9.17) is 0 Å². The number of hydrogen-bond acceptors (Lipinski definition) is 4. The highest BCUT2D eigenvalue weighted by Crippen LogP contribution is 2.19. The average Bonchev–Trinajstić information content (AvgIpc) is 2.51. The first kappa shape index (κ1) is 20.2. The molecule has 0 fully saturated rings. The van der Waals surface area contributed by atoms with E-state index < -0.39 is 10.0 Å². The van der Waals surface area contributed by atoms with Crippen molar-refractivity contribution in [3.63, 3.8) is 0 Å². The zero-order valence-electron chi connectivity index (χ0n) is 14.5. The van der Waals surface area contributed by atoms with Crippen molar-refractivity contribution in [2.75, 3.05) is 23.7 Å². The number of carbonyl (C=O) groups is 2. The van der Waals surface area contributed by atoms with Crippen LogP contribution in [0.25, 0.3) is 0 Å². The first-order chi connectivity index (χ1) is 11.3. The van der Waals surface area contributed by atoms with Crippen molar-refractivity contribution in [1.29, 1.82) is 0 Å². The number of Topliss-reactive ketones (excluding diaryl/α,β-unsaturated/α-hetero) is 1. The maximum absolute atomic E-state index is 12.0. The molecule has 7 heteroatoms. The molecule has 1 amide bonds. The predicted molar refractivity (Wildman–Crippen MR) is 95.8 cm³/mol. The number of benzene rings is 1. The lowest BCUT2D eigenvalue weighted by Crippen LogP contribution is -2.34. The molecule has 0 radical (unpaired) electrons. The van der Waals surface area contributed by atoms with Gasteiger partial charge in [-0.3, -0.25) is 13.9 Å². The zero-order chi connectivity index (χ0) is 18.2. The number of ketones is 1. The fourth-order valence-corrected chi connectivity index (χ4v) is 3.17. The largest absolute Gasteiger partial charge is 0.356 e. The smallest absolute Gasteiger partial charge is 0.232 e. The molecular weight excluding hydrogens is 328 g/mol. The summed E-state index contributed by atoms with van der Waals surface area (Å²) in [6.45, 7) is 4.21. The van der Waals surface area contributed by atoms with Gasteiger partial charge in [-0.15, -0.1) is 0 Å². The van der Waals surface area contributed by atoms with Crippen LogP contribution in [0.4, 0.5) is 5.69 Å². The van der Waals surface area contributed by atoms with Crippen molar-refractivity contribution in [3.05, 3.63) is 29.8 Å². The van der Waals surface area contributed by atoms with Crippen molar-refractivity contribution in [2.45, 2.75) is 39.5 Å². The lowest BCUT2D eigenvalue weighted by atomic mass is 10.1. The van der Waals surface area contributed by atoms with Gasteiger partial charge in [0.1, 0.15) is 0 Å². The van der Waals surface area contributed by atoms with Gasteiger partial charge in [-0.1, -0.05) is 19.8 Å². The van der Waals surface area contributed by atoms with E-state index in [0.29, 0.717) is 17.8 Å². The minimum Gasteiger partial charge on any atom is -0.356 e. The van der Waals surface area contributed by atoms with Gasteiger partial charge in [-0.25, -0.2) is 8.42 Å². The third-order valence-electron chi connectivity index (χ3n) is 3.61. The molecule has 6 nitrogen and oxygen atoms in total. The number of hydrogen-bond donors (Lipinski definition) is 1. The van der Waals surface area contributed by atoms with Crippen LogP contribution in [0.2, 0.25) is 0 Å². The molecule has 134 valence electrons. The van der Waals surface area contributed by atoms with Gasteiger partial charge in [0.2, 0.25) is 15.9 Å². The molecule has 0 saturated carbocycles. The van der Waals surface area contributed by atoms with Gasteiger partial charge in [0.05, 0.1) is 11.9 Å². The first-order valence-corrected chi connectivity index (χ1v) is 9.96. The summed E-state index contributed by atoms with van der Waals surface area (Å²) >= 11 is 0. The molecule has 1 N–H and O–H groups in total. The first-order valence-electron chi connectivity index (χ1n) is 8.11. The molecule has 0 aromatic heterocycles. The van der Waals surface area contributed by atoms with Crippen molar-refractivity contribution in [3.8, 4) is 0 Å². The number of rotatable bonds is 10. The highest BCUT2D eigenvalue weighted by molar-refractivity contribution is 7.92. The molecule has 0 atom stereocenters. The average molecular weight is 354 g/mol. The highest BCUT2D eigenvalue weighted by atomic mass is 32.2. The van der Waals surface area contributed by atoms with Crippen LogP contribution in [-0.4, -0.2) is 39.5 Å². The second-order valence-electron chi connectivity index (χ2n) is 5.75. The summed E-state index contributed by atoms with van der Waals surface area (Å²) in [5.74, 6) is -0.251. The fraction of sp³-hybridized carbons (Fsp3) is 0.529. The van der Waals surface area contributed by atoms with Gasteiger partial charge in [0.15, 0.2) is 5.78 Å². The van der Waals surface area contributed by atoms with Crippen LogP contribution < -0.4 is 9.62 Å². The molecule has 0 unspecified atom stereocenters. The summed E-state index contributed by atoms with van der Waals surface area (Å²) in [7, 11) is -3.51. The minimum atomic E-state index is -3.51. The zero-order valence-corrected chi connectivity index (χ0v) is 15.4. The van der Waals surface area contributed by atoms with E-state index in [1.54, 1.807) is 24.3 Å². The van der Waals surface area contributed by atoms with E-state index in [2.05, 4.69) is 12.2 Å². The number of amides is 1. The van der Waals surface area contributed by atoms with Crippen LogP contribution in [0.3, 0.4) is 0 Å². The molecule has 0 saturated heterocycles. The van der Waals surface area contributed by atoms with E-state index in [9.17, 15) is 18.0 Å². The lowest BCUT2D eigenvalue weighted by Gasteiger charge is -2.22. The number of carbonyl (C=O) groups excluding carboxylic acids is 2. The Kier molecular flexibility index (Phi) is 7.91. The normalized spacial score (nSPS) is 11.1. The monoisotopic (exact) mass is 354 g/mol. The van der Waals surface area contributed by atoms with E-state index in [-0.39, 0.29) is 24.7 Å². The molecule has 24 heavy (non-hydrogen) atoms. The predicted octanol–water partition coefficient (Wildman–Crippen LogP) is 2.35. The summed E-state index contributed by atoms with van der Waals surface area (Å²) in [6, 6.07) is 6.33. The molecule has 1 aromatic rings. The van der Waals surface area contributed by atoms with Crippen LogP contribution in [0, 0.1) is 0 Å². The molecule has 1 rings (SSSR count). The molecular formula is C17H26N2O4S. The molecule has 0 aliphatic heterocycles. The summed E-state index contributed by atoms with van der Waals surface area (Å²) in [5.41, 5.74) is 0.960. The molecule has 0 bridgehead atoms. The third kappa shape index (κ3) is 6.70. The number of anilines is 1. The lowest BCUT2D eigenvalue weighted by molar-refractivity contribution is -0.120. The van der Waals surface area contributed by atoms with Crippen LogP contribution in [0.1, 0.15) is 49.9 Å². The van der Waals surface area contributed by atoms with Crippen LogP contribution in [0.15, 0.2) is 24.3 Å². The van der Waals surface area contributed by atoms with Crippen molar-refractivity contribution in [2.24, 2.45) is 0 Å². The van der Waals surface area contributed by atoms with Gasteiger partial charge < -0.3 is 5.32 Å². The Labute approximate surface area is 144 Å². The Morgan fingerprint density at radius 2 is 1.75 bits per heavy atom. The standard InChI is InChI=1S/C17H26N2O4S/c1-4-5-6-12-18-17(21)11-13-19(24(3,22)23)16-9-7-15(8-10-16)14(2)20/h7-10H,4-6,11-13H2,1-3H3,(H,18,21). The van der Waals surface area contributed by atoms with Crippen LogP contribution >= 0.6 is 0 Å². The molecule has 1 aromatic carbocycles. The molecule has 0 heterocycles. The maximum Gasteiger partial charge on any atom is 0.232 e. The Bertz CT molecular complexity index is 654. The quantitative estimate of drug-likeness (QED) is 0.516. The topological polar surface area (TPSA) is 83.6 Å². The number of unbranched alkanes of at least 4 members (excludes halogenated alkanes) is 2. The minimum absolute atomic E-state index is 0.0673. The number of sulfonamides is 1. The van der Waals surface area contributed by atoms with Gasteiger partial charge in [-0.2, -0.15) is 0 Å². The van der Waals surface area contributed by atoms with Crippen LogP contribution in [0.5, 0.6) is 0 Å². The van der Waals surface area contributed by atoms with E-state index >= 15 is 0 Å². The maximum atomic E-state index is 12.0. The van der Waals surface area contributed by atoms with E-state index in [0.717, 1.165) is 25.5 Å². The van der Waals surface area contributed by atoms with Gasteiger partial charge in [0, 0.05) is 25.1 Å². The Hall–Kier alpha value is -1.89. The Morgan fingerprint density at radius 1 is 1.12 bits per heavy atom. The van der Waals surface area contributed by atoms with Crippen molar-refractivity contribution >= 4 is 27.4 Å². The van der Waals surface area contributed by atoms with Gasteiger partial charge in [-0.05, 0) is 37.6 Å². The fourth-order valence-electron chi connectivity index (χ4n) is 2.24. The van der Waals surface area contributed by atoms with Gasteiger partial charge >= 0.3 is 0 Å². The van der Waals surface area contributed by atoms with E-state index in [1.165, 1.54) is 11.2 Å². The SMILES string of the molecule is CCCCCNC(=O)CCN(c1ccc(C(C)=O)cc1)S(C)(=O)=O. The van der Waals surface area contributed by atoms with Crippen molar-refractivity contribution < 1.29 is 18.0 Å². The Balaban J connectivity index is 2.70. The van der Waals surface area contributed by atoms with Gasteiger partial charge in [0.25, 0.3) is 0 Å². The summed E-state index contributed by atoms with van der Waals surface area (Å²) in [5, 5.41) is 2.79. The molecule has 0 spiro atoms. The highest BCUT2D eigenvalue weighted by Gasteiger charge is 2.18. The summed E-state index contributed by atoms with van der Waals surface area (Å²) in [4.78, 5) is 23.1. The van der Waals surface area contributed by atoms with Crippen LogP contribution in [-0.2, 0) is 14.8 Å². The molecule has 0 aliphatic carbocycles. The molecule has 0 aliphatic rings. The number of nitrogens with one attached hydrogen (secondary N) is 1. The van der Waals surface area contributed by atoms with Crippen molar-refractivity contribution in [1.82, 2.24) is 5.32 Å². The number of nitrogens with zero attached hydrogens (tertiary/aromatic N) is 1. The Morgan fingerprint density at radius 3 is 2.25 bits per heavy atom. The second kappa shape index (κ2) is 9.42. The summed E-state index contributed by atoms with van der Waals surface area (Å²) < 4.78 is 25.2. The second-order valence-corrected chi connectivity index (χ2v) is 7.65.